The molecule has 1 unspecified atom stereocenters. The van der Waals surface area contributed by atoms with Crippen molar-refractivity contribution in [1.82, 2.24) is 0 Å². The van der Waals surface area contributed by atoms with Crippen LogP contribution in [0.1, 0.15) is 88.2 Å². The Kier molecular flexibility index (Phi) is 15.3. The van der Waals surface area contributed by atoms with Crippen molar-refractivity contribution < 1.29 is 36.6 Å². The van der Waals surface area contributed by atoms with Crippen LogP contribution in [0.5, 0.6) is 46.0 Å². The minimum absolute atomic E-state index is 0.0665. The van der Waals surface area contributed by atoms with Crippen LogP contribution >= 0.6 is 17.2 Å². The third-order valence-corrected chi connectivity index (χ3v) is 12.7. The van der Waals surface area contributed by atoms with Gasteiger partial charge in [-0.3, -0.25) is 0 Å². The first-order valence-corrected chi connectivity index (χ1v) is 23.2. The lowest BCUT2D eigenvalue weighted by atomic mass is 9.90. The van der Waals surface area contributed by atoms with E-state index >= 15 is 0 Å². The molecule has 10 heteroatoms. The minimum Gasteiger partial charge on any atom is -0.497 e. The normalized spacial score (nSPS) is 11.7. The van der Waals surface area contributed by atoms with E-state index in [4.69, 9.17) is 36.6 Å². The molecule has 6 aromatic carbocycles. The van der Waals surface area contributed by atoms with Crippen LogP contribution in [0.15, 0.2) is 97.1 Å². The molecule has 0 radical (unpaired) electrons. The fourth-order valence-electron chi connectivity index (χ4n) is 7.37. The molecule has 326 valence electrons. The first-order valence-electron chi connectivity index (χ1n) is 21.0. The summed E-state index contributed by atoms with van der Waals surface area (Å²) >= 11 is 0. The number of rotatable bonds is 18. The van der Waals surface area contributed by atoms with Crippen LogP contribution in [0.4, 0.5) is 0 Å². The van der Waals surface area contributed by atoms with E-state index in [1.807, 2.05) is 107 Å². The Bertz CT molecular complexity index is 2410. The molecule has 0 aromatic heterocycles. The van der Waals surface area contributed by atoms with Gasteiger partial charge in [0.1, 0.15) is 46.0 Å². The molecule has 0 spiro atoms. The zero-order chi connectivity index (χ0) is 44.7. The Labute approximate surface area is 371 Å². The zero-order valence-corrected chi connectivity index (χ0v) is 40.2. The maximum atomic E-state index is 7.21. The van der Waals surface area contributed by atoms with Crippen molar-refractivity contribution >= 4 is 17.2 Å². The molecule has 0 saturated heterocycles. The number of hydrogen-bond acceptors (Lipinski definition) is 8. The van der Waals surface area contributed by atoms with Crippen molar-refractivity contribution in [3.63, 3.8) is 0 Å². The summed E-state index contributed by atoms with van der Waals surface area (Å²) in [5, 5.41) is 0. The highest BCUT2D eigenvalue weighted by atomic mass is 31.2. The van der Waals surface area contributed by atoms with Crippen LogP contribution in [-0.2, 0) is 0 Å². The second kappa shape index (κ2) is 20.6. The molecule has 0 amide bonds. The Balaban J connectivity index is 1.56. The minimum atomic E-state index is -2.10. The van der Waals surface area contributed by atoms with Gasteiger partial charge >= 0.3 is 17.2 Å². The predicted octanol–water partition coefficient (Wildman–Crippen LogP) is 15.6. The van der Waals surface area contributed by atoms with Gasteiger partial charge in [-0.2, -0.15) is 0 Å². The number of benzene rings is 6. The average Bonchev–Trinajstić information content (AvgIpc) is 3.22. The summed E-state index contributed by atoms with van der Waals surface area (Å²) < 4.78 is 53.1. The number of methoxy groups -OCH3 is 2. The molecule has 0 aliphatic rings. The van der Waals surface area contributed by atoms with E-state index in [0.717, 1.165) is 68.5 Å². The zero-order valence-electron chi connectivity index (χ0n) is 38.4. The van der Waals surface area contributed by atoms with Gasteiger partial charge in [-0.15, -0.1) is 0 Å². The molecule has 0 aliphatic heterocycles. The molecule has 6 aromatic rings. The summed E-state index contributed by atoms with van der Waals surface area (Å²) in [6.45, 7) is 22.7. The van der Waals surface area contributed by atoms with Crippen LogP contribution in [0, 0.1) is 62.3 Å². The first-order chi connectivity index (χ1) is 29.6. The highest BCUT2D eigenvalue weighted by molar-refractivity contribution is 7.43. The summed E-state index contributed by atoms with van der Waals surface area (Å²) in [6.07, 6.45) is 1.86. The lowest BCUT2D eigenvalue weighted by Gasteiger charge is -2.27. The largest absolute Gasteiger partial charge is 0.530 e. The average molecular weight is 875 g/mol. The molecular formula is C52H60O8P2. The Morgan fingerprint density at radius 3 is 1.13 bits per heavy atom. The molecule has 0 bridgehead atoms. The van der Waals surface area contributed by atoms with Crippen molar-refractivity contribution in [2.24, 2.45) is 0 Å². The predicted molar refractivity (Wildman–Crippen MR) is 254 cm³/mol. The van der Waals surface area contributed by atoms with E-state index in [-0.39, 0.29) is 5.92 Å². The fraction of sp³-hybridized carbons (Fsp3) is 0.308. The summed E-state index contributed by atoms with van der Waals surface area (Å²) in [7, 11) is -0.840. The quantitative estimate of drug-likeness (QED) is 0.0791. The van der Waals surface area contributed by atoms with Crippen LogP contribution < -0.4 is 36.6 Å². The highest BCUT2D eigenvalue weighted by Crippen LogP contribution is 2.55. The van der Waals surface area contributed by atoms with Gasteiger partial charge in [0.15, 0.2) is 0 Å². The van der Waals surface area contributed by atoms with Crippen LogP contribution in [0.25, 0.3) is 11.1 Å². The molecule has 0 fully saturated rings. The third kappa shape index (κ3) is 11.3. The van der Waals surface area contributed by atoms with Gasteiger partial charge in [-0.05, 0) is 151 Å². The van der Waals surface area contributed by atoms with E-state index in [9.17, 15) is 0 Å². The second-order valence-electron chi connectivity index (χ2n) is 16.2. The third-order valence-electron chi connectivity index (χ3n) is 10.7. The van der Waals surface area contributed by atoms with Gasteiger partial charge in [0.05, 0.1) is 14.2 Å². The van der Waals surface area contributed by atoms with Crippen molar-refractivity contribution in [2.75, 3.05) is 14.2 Å². The SMILES string of the molecule is CCCC(C)c1cc(OC)cc(-c2cc(OC)cc(C)c2OP(Oc2ccc(C)cc2C)Oc2ccc(C)cc2C)c1OP(Oc1ccc(C)cc1C)Oc1ccc(C)cc1C. The Morgan fingerprint density at radius 2 is 0.774 bits per heavy atom. The fourth-order valence-corrected chi connectivity index (χ4v) is 9.80. The summed E-state index contributed by atoms with van der Waals surface area (Å²) in [5.41, 5.74) is 11.5. The van der Waals surface area contributed by atoms with Gasteiger partial charge in [0, 0.05) is 16.7 Å². The summed E-state index contributed by atoms with van der Waals surface area (Å²) in [5.74, 6) is 5.15. The van der Waals surface area contributed by atoms with Gasteiger partial charge < -0.3 is 36.6 Å². The first kappa shape index (κ1) is 46.1. The molecule has 0 heterocycles. The number of hydrogen-bond donors (Lipinski definition) is 0. The van der Waals surface area contributed by atoms with Crippen LogP contribution in [0.3, 0.4) is 0 Å². The van der Waals surface area contributed by atoms with Gasteiger partial charge in [-0.25, -0.2) is 0 Å². The molecule has 8 nitrogen and oxygen atoms in total. The van der Waals surface area contributed by atoms with Crippen molar-refractivity contribution in [1.29, 1.82) is 0 Å². The Morgan fingerprint density at radius 1 is 0.419 bits per heavy atom. The topological polar surface area (TPSA) is 73.8 Å². The molecule has 0 saturated carbocycles. The smallest absolute Gasteiger partial charge is 0.497 e. The van der Waals surface area contributed by atoms with E-state index < -0.39 is 17.2 Å². The van der Waals surface area contributed by atoms with Crippen LogP contribution in [-0.4, -0.2) is 14.2 Å². The lowest BCUT2D eigenvalue weighted by molar-refractivity contribution is 0.379. The molecular weight excluding hydrogens is 815 g/mol. The lowest BCUT2D eigenvalue weighted by Crippen LogP contribution is -2.09. The maximum Gasteiger partial charge on any atom is 0.530 e. The molecule has 0 aliphatic carbocycles. The number of ether oxygens (including phenoxy) is 2. The highest BCUT2D eigenvalue weighted by Gasteiger charge is 2.31. The summed E-state index contributed by atoms with van der Waals surface area (Å²) in [6, 6.07) is 32.2. The van der Waals surface area contributed by atoms with E-state index in [2.05, 4.69) is 65.8 Å². The van der Waals surface area contributed by atoms with Gasteiger partial charge in [0.25, 0.3) is 0 Å². The van der Waals surface area contributed by atoms with Crippen molar-refractivity contribution in [3.8, 4) is 57.1 Å². The van der Waals surface area contributed by atoms with Crippen molar-refractivity contribution in [2.45, 2.75) is 94.9 Å². The number of aryl methyl sites for hydroxylation is 9. The molecule has 1 atom stereocenters. The van der Waals surface area contributed by atoms with Crippen molar-refractivity contribution in [3.05, 3.63) is 153 Å². The monoisotopic (exact) mass is 874 g/mol. The standard InChI is InChI=1S/C52H60O8P2/c1-14-15-36(6)44-29-43(54-13)31-46(52(44)60-62(57-49-22-18-34(4)26-39(49)9)58-50-23-19-35(5)27-40(50)10)45-30-42(53-12)28-41(11)51(45)59-61(55-47-20-16-32(2)24-37(47)7)56-48-21-17-33(3)25-38(48)8/h16-31,36H,14-15H2,1-13H3. The molecule has 6 rings (SSSR count). The van der Waals surface area contributed by atoms with Gasteiger partial charge in [-0.1, -0.05) is 91.1 Å². The summed E-state index contributed by atoms with van der Waals surface area (Å²) in [4.78, 5) is 0. The Hall–Kier alpha value is -5.42. The van der Waals surface area contributed by atoms with E-state index in [1.54, 1.807) is 14.2 Å². The second-order valence-corrected chi connectivity index (χ2v) is 18.2. The van der Waals surface area contributed by atoms with E-state index in [0.29, 0.717) is 57.1 Å². The molecule has 0 N–H and O–H groups in total. The van der Waals surface area contributed by atoms with Crippen LogP contribution in [0.2, 0.25) is 0 Å². The molecule has 62 heavy (non-hydrogen) atoms. The maximum absolute atomic E-state index is 7.21. The van der Waals surface area contributed by atoms with Gasteiger partial charge in [0.2, 0.25) is 0 Å². The van der Waals surface area contributed by atoms with E-state index in [1.165, 1.54) is 0 Å².